The van der Waals surface area contributed by atoms with Gasteiger partial charge in [0.25, 0.3) is 0 Å². The lowest BCUT2D eigenvalue weighted by atomic mass is 9.78. The predicted molar refractivity (Wildman–Crippen MR) is 153 cm³/mol. The van der Waals surface area contributed by atoms with Gasteiger partial charge in [0.05, 0.1) is 0 Å². The second-order valence-electron chi connectivity index (χ2n) is 10.3. The van der Waals surface area contributed by atoms with Gasteiger partial charge in [-0.2, -0.15) is 0 Å². The van der Waals surface area contributed by atoms with Gasteiger partial charge < -0.3 is 0 Å². The molecule has 186 valence electrons. The first-order valence-corrected chi connectivity index (χ1v) is 13.7. The third-order valence-corrected chi connectivity index (χ3v) is 7.74. The van der Waals surface area contributed by atoms with Crippen molar-refractivity contribution in [2.45, 2.75) is 71.1 Å². The molecule has 0 heterocycles. The quantitative estimate of drug-likeness (QED) is 0.212. The summed E-state index contributed by atoms with van der Waals surface area (Å²) >= 11 is 0. The third kappa shape index (κ3) is 7.20. The molecular weight excluding hydrogens is 439 g/mol. The lowest BCUT2D eigenvalue weighted by molar-refractivity contribution is 0.254. The fraction of sp³-hybridized carbons (Fsp3) is 0.371. The molecule has 3 aromatic rings. The van der Waals surface area contributed by atoms with Crippen molar-refractivity contribution in [1.82, 2.24) is 0 Å². The fourth-order valence-corrected chi connectivity index (χ4v) is 5.44. The van der Waals surface area contributed by atoms with E-state index in [4.69, 9.17) is 0 Å². The number of halogens is 1. The number of fused-ring (bicyclic) bond motifs is 1. The summed E-state index contributed by atoms with van der Waals surface area (Å²) in [4.78, 5) is 0. The van der Waals surface area contributed by atoms with Gasteiger partial charge in [0.1, 0.15) is 5.82 Å². The molecule has 0 aromatic heterocycles. The number of allylic oxidation sites excluding steroid dienone is 3. The molecule has 0 saturated heterocycles. The highest BCUT2D eigenvalue weighted by Crippen LogP contribution is 2.34. The summed E-state index contributed by atoms with van der Waals surface area (Å²) in [6.07, 6.45) is 18.1. The van der Waals surface area contributed by atoms with Crippen LogP contribution in [0.25, 0.3) is 10.8 Å². The summed E-state index contributed by atoms with van der Waals surface area (Å²) < 4.78 is 15.3. The van der Waals surface area contributed by atoms with Gasteiger partial charge in [0, 0.05) is 16.5 Å². The molecule has 1 heteroatoms. The minimum atomic E-state index is -0.0536. The number of benzene rings is 3. The summed E-state index contributed by atoms with van der Waals surface area (Å²) in [5.74, 6) is 8.06. The summed E-state index contributed by atoms with van der Waals surface area (Å²) in [5.41, 5.74) is 4.06. The van der Waals surface area contributed by atoms with E-state index in [1.165, 1.54) is 44.1 Å². The minimum absolute atomic E-state index is 0.0536. The maximum absolute atomic E-state index is 15.3. The normalized spacial score (nSPS) is 17.7. The molecular formula is C35H39F. The minimum Gasteiger partial charge on any atom is -0.206 e. The van der Waals surface area contributed by atoms with Crippen LogP contribution in [0.15, 0.2) is 79.4 Å². The van der Waals surface area contributed by atoms with Crippen LogP contribution in [0, 0.1) is 29.5 Å². The molecule has 0 N–H and O–H groups in total. The Labute approximate surface area is 217 Å². The van der Waals surface area contributed by atoms with E-state index in [-0.39, 0.29) is 5.82 Å². The van der Waals surface area contributed by atoms with Crippen molar-refractivity contribution in [2.24, 2.45) is 11.8 Å². The van der Waals surface area contributed by atoms with Gasteiger partial charge in [0.2, 0.25) is 0 Å². The number of hydrogen-bond acceptors (Lipinski definition) is 0. The van der Waals surface area contributed by atoms with E-state index in [1.54, 1.807) is 0 Å². The van der Waals surface area contributed by atoms with Gasteiger partial charge in [-0.15, -0.1) is 6.58 Å². The lowest BCUT2D eigenvalue weighted by Crippen LogP contribution is -2.15. The maximum Gasteiger partial charge on any atom is 0.134 e. The molecule has 0 spiro atoms. The molecule has 0 nitrogen and oxygen atoms in total. The van der Waals surface area contributed by atoms with Crippen molar-refractivity contribution in [3.8, 4) is 11.8 Å². The molecule has 0 unspecified atom stereocenters. The lowest BCUT2D eigenvalue weighted by Gasteiger charge is -2.28. The fourth-order valence-electron chi connectivity index (χ4n) is 5.44. The molecule has 4 rings (SSSR count). The van der Waals surface area contributed by atoms with Crippen LogP contribution in [0.3, 0.4) is 0 Å². The first-order valence-electron chi connectivity index (χ1n) is 13.7. The SMILES string of the molecule is C=CCCc1ccc(C#Cc2ccc3c(F)c(CCC4CCC(CC/C=C/C)CC4)ccc3c2)cc1. The first-order chi connectivity index (χ1) is 17.7. The Hall–Kier alpha value is -3.11. The smallest absolute Gasteiger partial charge is 0.134 e. The van der Waals surface area contributed by atoms with Gasteiger partial charge in [-0.25, -0.2) is 4.39 Å². The first kappa shape index (κ1) is 26.0. The second kappa shape index (κ2) is 13.3. The van der Waals surface area contributed by atoms with Crippen LogP contribution in [-0.2, 0) is 12.8 Å². The van der Waals surface area contributed by atoms with Crippen LogP contribution < -0.4 is 0 Å². The summed E-state index contributed by atoms with van der Waals surface area (Å²) in [6.45, 7) is 5.88. The van der Waals surface area contributed by atoms with Crippen LogP contribution in [0.4, 0.5) is 4.39 Å². The second-order valence-corrected chi connectivity index (χ2v) is 10.3. The van der Waals surface area contributed by atoms with Crippen LogP contribution in [0.5, 0.6) is 0 Å². The summed E-state index contributed by atoms with van der Waals surface area (Å²) in [5, 5.41) is 1.63. The zero-order valence-corrected chi connectivity index (χ0v) is 21.7. The van der Waals surface area contributed by atoms with E-state index in [0.717, 1.165) is 59.6 Å². The zero-order chi connectivity index (χ0) is 25.2. The van der Waals surface area contributed by atoms with Crippen LogP contribution in [0.1, 0.15) is 80.5 Å². The standard InChI is InChI=1S/C35H39F/c1-3-5-7-9-28-12-16-30(17-13-28)20-22-32-23-24-33-26-31(21-25-34(33)35(32)36)19-18-29-14-10-27(11-15-29)8-6-4-2/h3-5,10-11,14-15,21,23-26,28,30H,2,6-9,12-13,16-17,20,22H2,1H3/b5-3+. The van der Waals surface area contributed by atoms with E-state index in [2.05, 4.69) is 67.8 Å². The zero-order valence-electron chi connectivity index (χ0n) is 21.7. The van der Waals surface area contributed by atoms with Crippen molar-refractivity contribution in [2.75, 3.05) is 0 Å². The average molecular weight is 479 g/mol. The van der Waals surface area contributed by atoms with E-state index in [0.29, 0.717) is 5.39 Å². The number of aryl methyl sites for hydroxylation is 2. The molecule has 0 atom stereocenters. The highest BCUT2D eigenvalue weighted by atomic mass is 19.1. The van der Waals surface area contributed by atoms with E-state index < -0.39 is 0 Å². The molecule has 0 amide bonds. The van der Waals surface area contributed by atoms with Crippen LogP contribution >= 0.6 is 0 Å². The van der Waals surface area contributed by atoms with Gasteiger partial charge in [-0.3, -0.25) is 0 Å². The van der Waals surface area contributed by atoms with Crippen LogP contribution in [0.2, 0.25) is 0 Å². The molecule has 1 aliphatic rings. The Morgan fingerprint density at radius 1 is 0.833 bits per heavy atom. The van der Waals surface area contributed by atoms with E-state index in [1.807, 2.05) is 30.3 Å². The van der Waals surface area contributed by atoms with Crippen molar-refractivity contribution >= 4 is 10.8 Å². The topological polar surface area (TPSA) is 0 Å². The molecule has 0 bridgehead atoms. The molecule has 1 fully saturated rings. The Bertz CT molecular complexity index is 1230. The van der Waals surface area contributed by atoms with Crippen molar-refractivity contribution in [1.29, 1.82) is 0 Å². The van der Waals surface area contributed by atoms with E-state index in [9.17, 15) is 0 Å². The average Bonchev–Trinajstić information content (AvgIpc) is 2.92. The Kier molecular flexibility index (Phi) is 9.57. The molecule has 3 aromatic carbocycles. The van der Waals surface area contributed by atoms with Gasteiger partial charge >= 0.3 is 0 Å². The number of hydrogen-bond donors (Lipinski definition) is 0. The summed E-state index contributed by atoms with van der Waals surface area (Å²) in [6, 6.07) is 18.3. The van der Waals surface area contributed by atoms with Gasteiger partial charge in [-0.1, -0.05) is 86.1 Å². The molecule has 0 aliphatic heterocycles. The van der Waals surface area contributed by atoms with Crippen molar-refractivity contribution in [3.05, 3.63) is 107 Å². The molecule has 0 radical (unpaired) electrons. The summed E-state index contributed by atoms with van der Waals surface area (Å²) in [7, 11) is 0. The third-order valence-electron chi connectivity index (χ3n) is 7.74. The van der Waals surface area contributed by atoms with Crippen molar-refractivity contribution < 1.29 is 4.39 Å². The van der Waals surface area contributed by atoms with Crippen LogP contribution in [-0.4, -0.2) is 0 Å². The highest BCUT2D eigenvalue weighted by Gasteiger charge is 2.21. The molecule has 1 saturated carbocycles. The Morgan fingerprint density at radius 2 is 1.53 bits per heavy atom. The van der Waals surface area contributed by atoms with Gasteiger partial charge in [0.15, 0.2) is 0 Å². The maximum atomic E-state index is 15.3. The Morgan fingerprint density at radius 3 is 2.25 bits per heavy atom. The molecule has 36 heavy (non-hydrogen) atoms. The largest absolute Gasteiger partial charge is 0.206 e. The highest BCUT2D eigenvalue weighted by molar-refractivity contribution is 5.85. The number of rotatable bonds is 9. The Balaban J connectivity index is 1.35. The predicted octanol–water partition coefficient (Wildman–Crippen LogP) is 9.59. The van der Waals surface area contributed by atoms with Crippen molar-refractivity contribution in [3.63, 3.8) is 0 Å². The van der Waals surface area contributed by atoms with Gasteiger partial charge in [-0.05, 0) is 98.1 Å². The molecule has 1 aliphatic carbocycles. The monoisotopic (exact) mass is 478 g/mol. The van der Waals surface area contributed by atoms with E-state index >= 15 is 4.39 Å².